The number of nitrogens with one attached hydrogen (secondary N) is 1. The van der Waals surface area contributed by atoms with Crippen LogP contribution >= 0.6 is 0 Å². The molecule has 0 fully saturated rings. The van der Waals surface area contributed by atoms with Crippen molar-refractivity contribution >= 4 is 23.2 Å². The van der Waals surface area contributed by atoms with E-state index < -0.39 is 0 Å². The Morgan fingerprint density at radius 2 is 1.52 bits per heavy atom. The van der Waals surface area contributed by atoms with Crippen molar-refractivity contribution in [2.75, 3.05) is 23.9 Å². The monoisotopic (exact) mass is 390 g/mol. The third-order valence-electron chi connectivity index (χ3n) is 4.20. The number of hydrogen-bond acceptors (Lipinski definition) is 4. The van der Waals surface area contributed by atoms with Gasteiger partial charge in [0.25, 0.3) is 0 Å². The maximum Gasteiger partial charge on any atom is 0.244 e. The van der Waals surface area contributed by atoms with E-state index in [0.717, 1.165) is 0 Å². The fourth-order valence-corrected chi connectivity index (χ4v) is 2.75. The molecule has 0 heterocycles. The standard InChI is InChI=1S/C23H22N2O4/c1-17(26)25(18-12-14-19(28-2)15-13-18)16-23(27)24-21-10-6-7-11-22(21)29-20-8-4-3-5-9-20/h3-15H,16H2,1-2H3,(H,24,27). The van der Waals surface area contributed by atoms with Gasteiger partial charge in [-0.05, 0) is 48.5 Å². The minimum Gasteiger partial charge on any atom is -0.497 e. The molecule has 1 N–H and O–H groups in total. The van der Waals surface area contributed by atoms with Crippen molar-refractivity contribution < 1.29 is 19.1 Å². The van der Waals surface area contributed by atoms with Gasteiger partial charge in [-0.1, -0.05) is 30.3 Å². The first-order valence-electron chi connectivity index (χ1n) is 9.11. The minimum atomic E-state index is -0.333. The molecule has 0 atom stereocenters. The van der Waals surface area contributed by atoms with Crippen LogP contribution in [0.15, 0.2) is 78.9 Å². The van der Waals surface area contributed by atoms with Crippen LogP contribution in [0.25, 0.3) is 0 Å². The summed E-state index contributed by atoms with van der Waals surface area (Å²) in [4.78, 5) is 26.1. The lowest BCUT2D eigenvalue weighted by Crippen LogP contribution is -2.36. The van der Waals surface area contributed by atoms with Gasteiger partial charge >= 0.3 is 0 Å². The summed E-state index contributed by atoms with van der Waals surface area (Å²) in [6.07, 6.45) is 0. The van der Waals surface area contributed by atoms with Gasteiger partial charge in [-0.15, -0.1) is 0 Å². The van der Waals surface area contributed by atoms with Crippen LogP contribution < -0.4 is 19.7 Å². The van der Waals surface area contributed by atoms with Crippen LogP contribution in [0.4, 0.5) is 11.4 Å². The molecule has 0 saturated carbocycles. The number of carbonyl (C=O) groups is 2. The number of ether oxygens (including phenoxy) is 2. The van der Waals surface area contributed by atoms with Crippen molar-refractivity contribution in [3.8, 4) is 17.2 Å². The molecule has 0 aliphatic carbocycles. The predicted molar refractivity (Wildman–Crippen MR) is 113 cm³/mol. The summed E-state index contributed by atoms with van der Waals surface area (Å²) in [5.41, 5.74) is 1.14. The Morgan fingerprint density at radius 3 is 2.17 bits per heavy atom. The van der Waals surface area contributed by atoms with E-state index in [2.05, 4.69) is 5.32 Å². The number of hydrogen-bond donors (Lipinski definition) is 1. The van der Waals surface area contributed by atoms with Gasteiger partial charge in [-0.2, -0.15) is 0 Å². The molecule has 0 unspecified atom stereocenters. The molecule has 0 aliphatic heterocycles. The fraction of sp³-hybridized carbons (Fsp3) is 0.130. The lowest BCUT2D eigenvalue weighted by molar-refractivity contribution is -0.120. The number of methoxy groups -OCH3 is 1. The Bertz CT molecular complexity index is 972. The van der Waals surface area contributed by atoms with E-state index in [1.165, 1.54) is 11.8 Å². The van der Waals surface area contributed by atoms with Gasteiger partial charge in [-0.25, -0.2) is 0 Å². The molecule has 0 aliphatic rings. The second-order valence-corrected chi connectivity index (χ2v) is 6.26. The van der Waals surface area contributed by atoms with E-state index >= 15 is 0 Å². The molecule has 3 aromatic carbocycles. The molecule has 148 valence electrons. The zero-order valence-electron chi connectivity index (χ0n) is 16.3. The summed E-state index contributed by atoms with van der Waals surface area (Å²) in [7, 11) is 1.57. The summed E-state index contributed by atoms with van der Waals surface area (Å²) in [6, 6.07) is 23.4. The van der Waals surface area contributed by atoms with Gasteiger partial charge in [0, 0.05) is 12.6 Å². The zero-order valence-corrected chi connectivity index (χ0v) is 16.3. The Balaban J connectivity index is 1.73. The fourth-order valence-electron chi connectivity index (χ4n) is 2.75. The van der Waals surface area contributed by atoms with Crippen LogP contribution in [0, 0.1) is 0 Å². The predicted octanol–water partition coefficient (Wildman–Crippen LogP) is 4.48. The van der Waals surface area contributed by atoms with Gasteiger partial charge in [0.05, 0.1) is 12.8 Å². The number of amides is 2. The Morgan fingerprint density at radius 1 is 0.862 bits per heavy atom. The first-order chi connectivity index (χ1) is 14.1. The lowest BCUT2D eigenvalue weighted by atomic mass is 10.2. The van der Waals surface area contributed by atoms with Gasteiger partial charge in [0.2, 0.25) is 11.8 Å². The summed E-state index contributed by atoms with van der Waals surface area (Å²) in [5, 5.41) is 2.83. The van der Waals surface area contributed by atoms with Crippen LogP contribution in [-0.4, -0.2) is 25.5 Å². The highest BCUT2D eigenvalue weighted by atomic mass is 16.5. The number of para-hydroxylation sites is 3. The number of rotatable bonds is 7. The summed E-state index contributed by atoms with van der Waals surface area (Å²) >= 11 is 0. The number of nitrogens with zero attached hydrogens (tertiary/aromatic N) is 1. The van der Waals surface area contributed by atoms with Crippen molar-refractivity contribution in [2.45, 2.75) is 6.92 Å². The van der Waals surface area contributed by atoms with Crippen molar-refractivity contribution in [3.63, 3.8) is 0 Å². The molecule has 3 aromatic rings. The van der Waals surface area contributed by atoms with Crippen molar-refractivity contribution in [1.82, 2.24) is 0 Å². The molecule has 0 aromatic heterocycles. The van der Waals surface area contributed by atoms with Crippen molar-refractivity contribution in [1.29, 1.82) is 0 Å². The van der Waals surface area contributed by atoms with E-state index in [1.54, 1.807) is 49.6 Å². The average Bonchev–Trinajstić information content (AvgIpc) is 2.74. The first-order valence-corrected chi connectivity index (χ1v) is 9.11. The average molecular weight is 390 g/mol. The molecular weight excluding hydrogens is 368 g/mol. The van der Waals surface area contributed by atoms with Crippen molar-refractivity contribution in [2.24, 2.45) is 0 Å². The highest BCUT2D eigenvalue weighted by Gasteiger charge is 2.17. The van der Waals surface area contributed by atoms with Gasteiger partial charge in [-0.3, -0.25) is 9.59 Å². The van der Waals surface area contributed by atoms with Crippen LogP contribution in [0.3, 0.4) is 0 Å². The quantitative estimate of drug-likeness (QED) is 0.646. The summed E-state index contributed by atoms with van der Waals surface area (Å²) in [5.74, 6) is 1.29. The van der Waals surface area contributed by atoms with E-state index in [0.29, 0.717) is 28.6 Å². The van der Waals surface area contributed by atoms with E-state index in [1.807, 2.05) is 36.4 Å². The smallest absolute Gasteiger partial charge is 0.244 e. The molecule has 29 heavy (non-hydrogen) atoms. The van der Waals surface area contributed by atoms with Crippen molar-refractivity contribution in [3.05, 3.63) is 78.9 Å². The second kappa shape index (κ2) is 9.41. The molecule has 6 nitrogen and oxygen atoms in total. The van der Waals surface area contributed by atoms with E-state index in [4.69, 9.17) is 9.47 Å². The highest BCUT2D eigenvalue weighted by molar-refractivity contribution is 6.02. The summed E-state index contributed by atoms with van der Waals surface area (Å²) in [6.45, 7) is 1.30. The second-order valence-electron chi connectivity index (χ2n) is 6.26. The molecule has 0 spiro atoms. The lowest BCUT2D eigenvalue weighted by Gasteiger charge is -2.21. The SMILES string of the molecule is COc1ccc(N(CC(=O)Nc2ccccc2Oc2ccccc2)C(C)=O)cc1. The molecule has 0 bridgehead atoms. The zero-order chi connectivity index (χ0) is 20.6. The molecule has 0 saturated heterocycles. The first kappa shape index (κ1) is 19.9. The molecule has 6 heteroatoms. The maximum atomic E-state index is 12.6. The van der Waals surface area contributed by atoms with Crippen LogP contribution in [-0.2, 0) is 9.59 Å². The third-order valence-corrected chi connectivity index (χ3v) is 4.20. The van der Waals surface area contributed by atoms with Crippen LogP contribution in [0.2, 0.25) is 0 Å². The largest absolute Gasteiger partial charge is 0.497 e. The number of carbonyl (C=O) groups excluding carboxylic acids is 2. The Labute approximate surface area is 169 Å². The molecular formula is C23H22N2O4. The normalized spacial score (nSPS) is 10.1. The van der Waals surface area contributed by atoms with Crippen LogP contribution in [0.1, 0.15) is 6.92 Å². The van der Waals surface area contributed by atoms with Crippen LogP contribution in [0.5, 0.6) is 17.2 Å². The number of benzene rings is 3. The van der Waals surface area contributed by atoms with Gasteiger partial charge in [0.1, 0.15) is 18.0 Å². The Hall–Kier alpha value is -3.80. The molecule has 0 radical (unpaired) electrons. The molecule has 3 rings (SSSR count). The topological polar surface area (TPSA) is 67.9 Å². The van der Waals surface area contributed by atoms with E-state index in [9.17, 15) is 9.59 Å². The highest BCUT2D eigenvalue weighted by Crippen LogP contribution is 2.29. The van der Waals surface area contributed by atoms with E-state index in [-0.39, 0.29) is 18.4 Å². The summed E-state index contributed by atoms with van der Waals surface area (Å²) < 4.78 is 11.0. The van der Waals surface area contributed by atoms with Gasteiger partial charge in [0.15, 0.2) is 5.75 Å². The third kappa shape index (κ3) is 5.35. The minimum absolute atomic E-state index is 0.124. The number of anilines is 2. The molecule has 2 amide bonds. The van der Waals surface area contributed by atoms with Gasteiger partial charge < -0.3 is 19.7 Å². The maximum absolute atomic E-state index is 12.6. The Kier molecular flexibility index (Phi) is 6.47.